The second-order valence-corrected chi connectivity index (χ2v) is 10.9. The van der Waals surface area contributed by atoms with E-state index in [-0.39, 0.29) is 0 Å². The van der Waals surface area contributed by atoms with E-state index in [0.29, 0.717) is 0 Å². The van der Waals surface area contributed by atoms with E-state index in [1.165, 1.54) is 60.3 Å². The Morgan fingerprint density at radius 2 is 0.837 bits per heavy atom. The molecule has 0 fully saturated rings. The molecule has 8 aromatic carbocycles. The smallest absolute Gasteiger partial charge is 0.0625 e. The number of hydrogen-bond acceptors (Lipinski definition) is 1. The molecule has 0 bridgehead atoms. The van der Waals surface area contributed by atoms with Gasteiger partial charge in [-0.1, -0.05) is 158 Å². The Hall–Kier alpha value is -5.66. The van der Waals surface area contributed by atoms with Gasteiger partial charge in [-0.05, 0) is 56.3 Å². The molecule has 8 rings (SSSR count). The fraction of sp³-hybridized carbons (Fsp3) is 0. The fourth-order valence-electron chi connectivity index (χ4n) is 6.57. The molecule has 0 atom stereocenters. The van der Waals surface area contributed by atoms with Crippen molar-refractivity contribution in [2.24, 2.45) is 0 Å². The van der Waals surface area contributed by atoms with Gasteiger partial charge in [-0.15, -0.1) is 0 Å². The predicted octanol–water partition coefficient (Wildman–Crippen LogP) is 11.9. The predicted molar refractivity (Wildman–Crippen MR) is 185 cm³/mol. The molecule has 0 radical (unpaired) electrons. The van der Waals surface area contributed by atoms with E-state index in [4.69, 9.17) is 0 Å². The van der Waals surface area contributed by atoms with E-state index in [1.54, 1.807) is 0 Å². The molecule has 0 saturated heterocycles. The van der Waals surface area contributed by atoms with Gasteiger partial charge in [0.25, 0.3) is 0 Å². The highest BCUT2D eigenvalue weighted by Gasteiger charge is 2.25. The monoisotopic (exact) mass is 547 g/mol. The van der Waals surface area contributed by atoms with Crippen LogP contribution in [-0.4, -0.2) is 0 Å². The lowest BCUT2D eigenvalue weighted by molar-refractivity contribution is 1.30. The zero-order valence-corrected chi connectivity index (χ0v) is 23.7. The number of anilines is 3. The highest BCUT2D eigenvalue weighted by atomic mass is 15.1. The summed E-state index contributed by atoms with van der Waals surface area (Å²) in [6.45, 7) is 0. The number of para-hydroxylation sites is 2. The third kappa shape index (κ3) is 4.26. The highest BCUT2D eigenvalue weighted by molar-refractivity contribution is 6.24. The molecule has 0 saturated carbocycles. The molecule has 202 valence electrons. The van der Waals surface area contributed by atoms with Crippen molar-refractivity contribution in [3.8, 4) is 22.3 Å². The molecule has 8 aromatic rings. The Kier molecular flexibility index (Phi) is 6.20. The minimum atomic E-state index is 1.12. The van der Waals surface area contributed by atoms with Crippen LogP contribution in [0.4, 0.5) is 17.1 Å². The van der Waals surface area contributed by atoms with Gasteiger partial charge in [0, 0.05) is 22.2 Å². The lowest BCUT2D eigenvalue weighted by Gasteiger charge is -2.32. The van der Waals surface area contributed by atoms with Gasteiger partial charge >= 0.3 is 0 Å². The maximum absolute atomic E-state index is 2.48. The first-order chi connectivity index (χ1) is 21.4. The van der Waals surface area contributed by atoms with E-state index in [1.807, 2.05) is 0 Å². The molecule has 1 nitrogen and oxygen atoms in total. The summed E-state index contributed by atoms with van der Waals surface area (Å²) in [7, 11) is 0. The van der Waals surface area contributed by atoms with Gasteiger partial charge in [-0.2, -0.15) is 0 Å². The Morgan fingerprint density at radius 3 is 1.60 bits per heavy atom. The van der Waals surface area contributed by atoms with Gasteiger partial charge in [0.05, 0.1) is 11.4 Å². The summed E-state index contributed by atoms with van der Waals surface area (Å²) in [5, 5.41) is 7.45. The van der Waals surface area contributed by atoms with E-state index in [0.717, 1.165) is 11.4 Å². The average molecular weight is 548 g/mol. The zero-order chi connectivity index (χ0) is 28.6. The van der Waals surface area contributed by atoms with Crippen LogP contribution in [0.2, 0.25) is 0 Å². The molecule has 0 spiro atoms. The van der Waals surface area contributed by atoms with Crippen LogP contribution < -0.4 is 4.90 Å². The van der Waals surface area contributed by atoms with Crippen LogP contribution in [0.3, 0.4) is 0 Å². The number of benzene rings is 8. The minimum absolute atomic E-state index is 1.12. The molecule has 0 aliphatic carbocycles. The molecule has 0 unspecified atom stereocenters. The molecule has 0 heterocycles. The van der Waals surface area contributed by atoms with Crippen LogP contribution in [0, 0.1) is 0 Å². The molecule has 0 N–H and O–H groups in total. The normalized spacial score (nSPS) is 11.3. The third-order valence-corrected chi connectivity index (χ3v) is 8.43. The summed E-state index contributed by atoms with van der Waals surface area (Å²) >= 11 is 0. The standard InChI is InChI=1S/C42H29N/c1-3-16-31(17-4-1)34-23-13-14-29-40(34)43(32-20-5-2-6-21-32)42-39-27-12-10-25-36(39)35-24-9-11-26-38(35)41(42)37-28-15-19-30-18-7-8-22-33(30)37/h1-29H. The van der Waals surface area contributed by atoms with Gasteiger partial charge in [0.2, 0.25) is 0 Å². The third-order valence-electron chi connectivity index (χ3n) is 8.43. The average Bonchev–Trinajstić information content (AvgIpc) is 3.09. The van der Waals surface area contributed by atoms with E-state index >= 15 is 0 Å². The number of fused-ring (bicyclic) bond motifs is 4. The van der Waals surface area contributed by atoms with Gasteiger partial charge in [-0.25, -0.2) is 0 Å². The van der Waals surface area contributed by atoms with E-state index in [9.17, 15) is 0 Å². The molecule has 0 aliphatic heterocycles. The first-order valence-electron chi connectivity index (χ1n) is 14.8. The van der Waals surface area contributed by atoms with Crippen molar-refractivity contribution in [1.29, 1.82) is 0 Å². The second-order valence-electron chi connectivity index (χ2n) is 10.9. The van der Waals surface area contributed by atoms with Crippen molar-refractivity contribution >= 4 is 49.4 Å². The van der Waals surface area contributed by atoms with Crippen LogP contribution in [-0.2, 0) is 0 Å². The maximum atomic E-state index is 2.48. The van der Waals surface area contributed by atoms with E-state index < -0.39 is 0 Å². The Bertz CT molecular complexity index is 2230. The van der Waals surface area contributed by atoms with Gasteiger partial charge in [0.1, 0.15) is 0 Å². The van der Waals surface area contributed by atoms with Crippen LogP contribution >= 0.6 is 0 Å². The van der Waals surface area contributed by atoms with Crippen molar-refractivity contribution in [3.63, 3.8) is 0 Å². The van der Waals surface area contributed by atoms with E-state index in [2.05, 4.69) is 181 Å². The zero-order valence-electron chi connectivity index (χ0n) is 23.7. The largest absolute Gasteiger partial charge is 0.309 e. The van der Waals surface area contributed by atoms with Gasteiger partial charge in [-0.3, -0.25) is 0 Å². The summed E-state index contributed by atoms with van der Waals surface area (Å²) in [5.41, 5.74) is 8.28. The first kappa shape index (κ1) is 25.1. The van der Waals surface area contributed by atoms with Crippen molar-refractivity contribution < 1.29 is 0 Å². The Labute approximate surface area is 251 Å². The van der Waals surface area contributed by atoms with Crippen molar-refractivity contribution in [2.75, 3.05) is 4.90 Å². The molecule has 0 aliphatic rings. The fourth-order valence-corrected chi connectivity index (χ4v) is 6.57. The number of rotatable bonds is 5. The van der Waals surface area contributed by atoms with Crippen molar-refractivity contribution in [1.82, 2.24) is 0 Å². The van der Waals surface area contributed by atoms with Crippen molar-refractivity contribution in [2.45, 2.75) is 0 Å². The van der Waals surface area contributed by atoms with Crippen molar-refractivity contribution in [3.05, 3.63) is 176 Å². The summed E-state index contributed by atoms with van der Waals surface area (Å²) < 4.78 is 0. The molecule has 1 heteroatoms. The van der Waals surface area contributed by atoms with Crippen LogP contribution in [0.15, 0.2) is 176 Å². The molecular formula is C42H29N. The molecule has 0 aromatic heterocycles. The Morgan fingerprint density at radius 1 is 0.326 bits per heavy atom. The molecule has 0 amide bonds. The van der Waals surface area contributed by atoms with Crippen LogP contribution in [0.25, 0.3) is 54.6 Å². The van der Waals surface area contributed by atoms with Gasteiger partial charge < -0.3 is 4.90 Å². The first-order valence-corrected chi connectivity index (χ1v) is 14.8. The minimum Gasteiger partial charge on any atom is -0.309 e. The molecule has 43 heavy (non-hydrogen) atoms. The SMILES string of the molecule is c1ccc(-c2ccccc2N(c2ccccc2)c2c(-c3cccc4ccccc34)c3ccccc3c3ccccc23)cc1. The highest BCUT2D eigenvalue weighted by Crippen LogP contribution is 2.51. The second kappa shape index (κ2) is 10.6. The van der Waals surface area contributed by atoms with Gasteiger partial charge in [0.15, 0.2) is 0 Å². The lowest BCUT2D eigenvalue weighted by Crippen LogP contribution is -2.13. The van der Waals surface area contributed by atoms with Crippen LogP contribution in [0.5, 0.6) is 0 Å². The Balaban J connectivity index is 1.59. The summed E-state index contributed by atoms with van der Waals surface area (Å²) in [5.74, 6) is 0. The maximum Gasteiger partial charge on any atom is 0.0625 e. The summed E-state index contributed by atoms with van der Waals surface area (Å²) in [6, 6.07) is 63.5. The summed E-state index contributed by atoms with van der Waals surface area (Å²) in [4.78, 5) is 2.48. The quantitative estimate of drug-likeness (QED) is 0.194. The topological polar surface area (TPSA) is 3.24 Å². The lowest BCUT2D eigenvalue weighted by atomic mass is 9.87. The molecular weight excluding hydrogens is 518 g/mol. The number of nitrogens with zero attached hydrogens (tertiary/aromatic N) is 1. The number of hydrogen-bond donors (Lipinski definition) is 0. The summed E-state index contributed by atoms with van der Waals surface area (Å²) in [6.07, 6.45) is 0. The van der Waals surface area contributed by atoms with Crippen LogP contribution in [0.1, 0.15) is 0 Å².